The Bertz CT molecular complexity index is 128. The Balaban J connectivity index is 4.24. The van der Waals surface area contributed by atoms with Crippen LogP contribution in [0.15, 0.2) is 0 Å². The van der Waals surface area contributed by atoms with Crippen LogP contribution >= 0.6 is 0 Å². The highest BCUT2D eigenvalue weighted by molar-refractivity contribution is 5.79. The van der Waals surface area contributed by atoms with E-state index in [9.17, 15) is 4.79 Å². The summed E-state index contributed by atoms with van der Waals surface area (Å²) in [5.74, 6) is -0.831. The number of carbonyl (C=O) groups excluding carboxylic acids is 1. The summed E-state index contributed by atoms with van der Waals surface area (Å²) >= 11 is 0. The van der Waals surface area contributed by atoms with Crippen LogP contribution in [0.1, 0.15) is 13.8 Å². The molecule has 0 rings (SSSR count). The number of aliphatic hydroxyl groups is 2. The van der Waals surface area contributed by atoms with E-state index in [0.29, 0.717) is 0 Å². The van der Waals surface area contributed by atoms with E-state index in [1.807, 2.05) is 0 Å². The molecule has 0 unspecified atom stereocenters. The predicted molar refractivity (Wildman–Crippen MR) is 34.3 cm³/mol. The van der Waals surface area contributed by atoms with Gasteiger partial charge in [-0.1, -0.05) is 0 Å². The van der Waals surface area contributed by atoms with E-state index in [0.717, 1.165) is 7.11 Å². The van der Waals surface area contributed by atoms with Gasteiger partial charge in [0, 0.05) is 0 Å². The number of methoxy groups -OCH3 is 1. The standard InChI is InChI=1S/C6H12O4/c1-4(7)6(2,9)5(8)10-3/h4,7,9H,1-3H3/t4-,6-/m1/s1. The number of ether oxygens (including phenoxy) is 1. The van der Waals surface area contributed by atoms with Gasteiger partial charge in [-0.15, -0.1) is 0 Å². The lowest BCUT2D eigenvalue weighted by Gasteiger charge is -2.22. The van der Waals surface area contributed by atoms with Crippen molar-refractivity contribution in [3.8, 4) is 0 Å². The van der Waals surface area contributed by atoms with Crippen molar-refractivity contribution in [2.75, 3.05) is 7.11 Å². The molecule has 0 aliphatic carbocycles. The second-order valence-electron chi connectivity index (χ2n) is 2.32. The quantitative estimate of drug-likeness (QED) is 0.508. The monoisotopic (exact) mass is 148 g/mol. The van der Waals surface area contributed by atoms with Crippen LogP contribution in [0, 0.1) is 0 Å². The highest BCUT2D eigenvalue weighted by atomic mass is 16.5. The highest BCUT2D eigenvalue weighted by Crippen LogP contribution is 2.10. The second-order valence-corrected chi connectivity index (χ2v) is 2.32. The predicted octanol–water partition coefficient (Wildman–Crippen LogP) is -0.709. The summed E-state index contributed by atoms with van der Waals surface area (Å²) in [6.07, 6.45) is -1.13. The van der Waals surface area contributed by atoms with Gasteiger partial charge in [0.1, 0.15) is 0 Å². The zero-order valence-corrected chi connectivity index (χ0v) is 6.29. The zero-order chi connectivity index (χ0) is 8.36. The van der Waals surface area contributed by atoms with Crippen molar-refractivity contribution in [2.24, 2.45) is 0 Å². The lowest BCUT2D eigenvalue weighted by atomic mass is 10.0. The van der Waals surface area contributed by atoms with Gasteiger partial charge in [0.25, 0.3) is 0 Å². The molecule has 4 nitrogen and oxygen atoms in total. The Morgan fingerprint density at radius 2 is 2.10 bits per heavy atom. The van der Waals surface area contributed by atoms with Crippen LogP contribution in [0.5, 0.6) is 0 Å². The molecule has 0 fully saturated rings. The maximum Gasteiger partial charge on any atom is 0.340 e. The van der Waals surface area contributed by atoms with Crippen molar-refractivity contribution in [3.63, 3.8) is 0 Å². The van der Waals surface area contributed by atoms with Crippen molar-refractivity contribution < 1.29 is 19.7 Å². The van der Waals surface area contributed by atoms with Crippen LogP contribution in [0.3, 0.4) is 0 Å². The molecule has 0 aromatic carbocycles. The Hall–Kier alpha value is -0.610. The third-order valence-corrected chi connectivity index (χ3v) is 1.41. The molecule has 4 heteroatoms. The number of aliphatic hydroxyl groups excluding tert-OH is 1. The molecule has 2 N–H and O–H groups in total. The van der Waals surface area contributed by atoms with E-state index in [-0.39, 0.29) is 0 Å². The van der Waals surface area contributed by atoms with Crippen molar-refractivity contribution >= 4 is 5.97 Å². The van der Waals surface area contributed by atoms with Crippen LogP contribution in [0.2, 0.25) is 0 Å². The van der Waals surface area contributed by atoms with Crippen LogP contribution in [-0.2, 0) is 9.53 Å². The van der Waals surface area contributed by atoms with Crippen LogP contribution in [-0.4, -0.2) is 35.0 Å². The van der Waals surface area contributed by atoms with Crippen molar-refractivity contribution in [3.05, 3.63) is 0 Å². The number of esters is 1. The summed E-state index contributed by atoms with van der Waals surface area (Å²) in [5.41, 5.74) is -1.80. The van der Waals surface area contributed by atoms with E-state index in [4.69, 9.17) is 10.2 Å². The molecule has 0 saturated carbocycles. The SMILES string of the molecule is COC(=O)[C@](C)(O)[C@@H](C)O. The fourth-order valence-corrected chi connectivity index (χ4v) is 0.377. The lowest BCUT2D eigenvalue weighted by Crippen LogP contribution is -2.45. The topological polar surface area (TPSA) is 66.8 Å². The van der Waals surface area contributed by atoms with E-state index in [1.54, 1.807) is 0 Å². The summed E-state index contributed by atoms with van der Waals surface area (Å²) in [7, 11) is 1.15. The van der Waals surface area contributed by atoms with E-state index >= 15 is 0 Å². The first-order valence-electron chi connectivity index (χ1n) is 2.91. The summed E-state index contributed by atoms with van der Waals surface area (Å²) in [5, 5.41) is 18.0. The number of carbonyl (C=O) groups is 1. The molecule has 10 heavy (non-hydrogen) atoms. The molecule has 0 aromatic rings. The number of rotatable bonds is 2. The van der Waals surface area contributed by atoms with Crippen molar-refractivity contribution in [1.82, 2.24) is 0 Å². The minimum atomic E-state index is -1.80. The van der Waals surface area contributed by atoms with Gasteiger partial charge in [0.05, 0.1) is 13.2 Å². The second kappa shape index (κ2) is 2.98. The maximum atomic E-state index is 10.6. The first kappa shape index (κ1) is 9.39. The van der Waals surface area contributed by atoms with E-state index < -0.39 is 17.7 Å². The van der Waals surface area contributed by atoms with Gasteiger partial charge >= 0.3 is 5.97 Å². The molecule has 0 bridgehead atoms. The van der Waals surface area contributed by atoms with Gasteiger partial charge < -0.3 is 14.9 Å². The van der Waals surface area contributed by atoms with Gasteiger partial charge in [-0.3, -0.25) is 0 Å². The minimum absolute atomic E-state index is 0.831. The molecule has 0 spiro atoms. The maximum absolute atomic E-state index is 10.6. The third-order valence-electron chi connectivity index (χ3n) is 1.41. The smallest absolute Gasteiger partial charge is 0.340 e. The van der Waals surface area contributed by atoms with Gasteiger partial charge in [0.2, 0.25) is 0 Å². The molecule has 0 saturated heterocycles. The molecule has 2 atom stereocenters. The zero-order valence-electron chi connectivity index (χ0n) is 6.29. The summed E-state index contributed by atoms with van der Waals surface area (Å²) < 4.78 is 4.23. The van der Waals surface area contributed by atoms with Crippen molar-refractivity contribution in [1.29, 1.82) is 0 Å². The molecular formula is C6H12O4. The number of hydrogen-bond acceptors (Lipinski definition) is 4. The molecule has 0 heterocycles. The van der Waals surface area contributed by atoms with Gasteiger partial charge in [0.15, 0.2) is 5.60 Å². The molecule has 60 valence electrons. The molecular weight excluding hydrogens is 136 g/mol. The fourth-order valence-electron chi connectivity index (χ4n) is 0.377. The minimum Gasteiger partial charge on any atom is -0.467 e. The van der Waals surface area contributed by atoms with Gasteiger partial charge in [-0.05, 0) is 13.8 Å². The average molecular weight is 148 g/mol. The Morgan fingerprint density at radius 1 is 1.70 bits per heavy atom. The third kappa shape index (κ3) is 1.68. The molecule has 0 aromatic heterocycles. The summed E-state index contributed by atoms with van der Waals surface area (Å²) in [4.78, 5) is 10.6. The largest absolute Gasteiger partial charge is 0.467 e. The molecule has 0 amide bonds. The fraction of sp³-hybridized carbons (Fsp3) is 0.833. The van der Waals surface area contributed by atoms with Crippen LogP contribution < -0.4 is 0 Å². The average Bonchev–Trinajstić information content (AvgIpc) is 1.86. The number of hydrogen-bond donors (Lipinski definition) is 2. The lowest BCUT2D eigenvalue weighted by molar-refractivity contribution is -0.170. The van der Waals surface area contributed by atoms with Crippen molar-refractivity contribution in [2.45, 2.75) is 25.6 Å². The Labute approximate surface area is 59.4 Å². The van der Waals surface area contributed by atoms with Crippen LogP contribution in [0.4, 0.5) is 0 Å². The first-order valence-corrected chi connectivity index (χ1v) is 2.91. The van der Waals surface area contributed by atoms with Gasteiger partial charge in [-0.25, -0.2) is 4.79 Å². The molecule has 0 radical (unpaired) electrons. The van der Waals surface area contributed by atoms with Gasteiger partial charge in [-0.2, -0.15) is 0 Å². The van der Waals surface area contributed by atoms with Crippen LogP contribution in [0.25, 0.3) is 0 Å². The normalized spacial score (nSPS) is 19.3. The first-order chi connectivity index (χ1) is 4.42. The molecule has 0 aliphatic heterocycles. The van der Waals surface area contributed by atoms with E-state index in [2.05, 4.69) is 4.74 Å². The van der Waals surface area contributed by atoms with E-state index in [1.165, 1.54) is 13.8 Å². The molecule has 0 aliphatic rings. The highest BCUT2D eigenvalue weighted by Gasteiger charge is 2.36. The Morgan fingerprint density at radius 3 is 2.20 bits per heavy atom. The summed E-state index contributed by atoms with van der Waals surface area (Å²) in [6, 6.07) is 0. The Kier molecular flexibility index (Phi) is 2.80. The summed E-state index contributed by atoms with van der Waals surface area (Å²) in [6.45, 7) is 2.51.